The first kappa shape index (κ1) is 25.1. The monoisotopic (exact) mass is 456 g/mol. The molecule has 0 amide bonds. The van der Waals surface area contributed by atoms with Crippen molar-refractivity contribution in [2.75, 3.05) is 6.61 Å². The van der Waals surface area contributed by atoms with Crippen LogP contribution in [-0.4, -0.2) is 133 Å². The van der Waals surface area contributed by atoms with Gasteiger partial charge in [0.2, 0.25) is 0 Å². The second-order valence-corrected chi connectivity index (χ2v) is 8.20. The molecule has 3 fully saturated rings. The zero-order valence-electron chi connectivity index (χ0n) is 17.1. The van der Waals surface area contributed by atoms with Crippen molar-refractivity contribution in [1.82, 2.24) is 0 Å². The van der Waals surface area contributed by atoms with Crippen molar-refractivity contribution in [1.29, 1.82) is 0 Å². The van der Waals surface area contributed by atoms with Crippen molar-refractivity contribution in [2.24, 2.45) is 0 Å². The van der Waals surface area contributed by atoms with Crippen LogP contribution in [0.5, 0.6) is 0 Å². The predicted octanol–water partition coefficient (Wildman–Crippen LogP) is -4.49. The summed E-state index contributed by atoms with van der Waals surface area (Å²) in [6.45, 7) is 2.36. The number of aliphatic hydroxyl groups excluding tert-OH is 8. The normalized spacial score (nSPS) is 54.0. The van der Waals surface area contributed by atoms with E-state index in [1.54, 1.807) is 6.92 Å². The summed E-state index contributed by atoms with van der Waals surface area (Å²) < 4.78 is 27.1. The zero-order valence-corrected chi connectivity index (χ0v) is 17.1. The molecule has 3 rings (SSSR count). The first-order valence-electron chi connectivity index (χ1n) is 10.2. The van der Waals surface area contributed by atoms with Gasteiger partial charge in [0.05, 0.1) is 24.9 Å². The summed E-state index contributed by atoms with van der Waals surface area (Å²) in [5, 5.41) is 80.4. The van der Waals surface area contributed by atoms with Crippen LogP contribution >= 0.6 is 0 Å². The topological polar surface area (TPSA) is 208 Å². The Balaban J connectivity index is 1.73. The van der Waals surface area contributed by atoms with Gasteiger partial charge in [-0.05, 0) is 13.8 Å². The van der Waals surface area contributed by atoms with Crippen LogP contribution < -0.4 is 0 Å². The molecule has 0 spiro atoms. The van der Waals surface area contributed by atoms with Gasteiger partial charge >= 0.3 is 0 Å². The molecule has 13 heteroatoms. The van der Waals surface area contributed by atoms with Crippen molar-refractivity contribution in [3.8, 4) is 0 Å². The second kappa shape index (κ2) is 10.2. The summed E-state index contributed by atoms with van der Waals surface area (Å²) in [7, 11) is 0. The van der Waals surface area contributed by atoms with Gasteiger partial charge in [-0.1, -0.05) is 0 Å². The van der Waals surface area contributed by atoms with Crippen LogP contribution in [0.2, 0.25) is 0 Å². The summed E-state index contributed by atoms with van der Waals surface area (Å²) in [6, 6.07) is 0. The number of hydrogen-bond acceptors (Lipinski definition) is 13. The fourth-order valence-electron chi connectivity index (χ4n) is 3.91. The molecule has 8 N–H and O–H groups in total. The first-order valence-corrected chi connectivity index (χ1v) is 10.2. The minimum Gasteiger partial charge on any atom is -0.394 e. The average Bonchev–Trinajstić information content (AvgIpc) is 2.71. The largest absolute Gasteiger partial charge is 0.394 e. The molecule has 31 heavy (non-hydrogen) atoms. The minimum atomic E-state index is -1.67. The van der Waals surface area contributed by atoms with E-state index >= 15 is 0 Å². The van der Waals surface area contributed by atoms with Crippen molar-refractivity contribution in [3.05, 3.63) is 0 Å². The van der Waals surface area contributed by atoms with Gasteiger partial charge in [-0.2, -0.15) is 0 Å². The maximum Gasteiger partial charge on any atom is 0.187 e. The van der Waals surface area contributed by atoms with Gasteiger partial charge in [0, 0.05) is 6.42 Å². The first-order chi connectivity index (χ1) is 14.5. The van der Waals surface area contributed by atoms with Crippen LogP contribution in [0.4, 0.5) is 0 Å². The van der Waals surface area contributed by atoms with Gasteiger partial charge in [0.25, 0.3) is 0 Å². The van der Waals surface area contributed by atoms with Crippen LogP contribution in [0, 0.1) is 0 Å². The third-order valence-electron chi connectivity index (χ3n) is 5.89. The van der Waals surface area contributed by atoms with Crippen molar-refractivity contribution in [2.45, 2.75) is 106 Å². The highest BCUT2D eigenvalue weighted by Crippen LogP contribution is 2.31. The minimum absolute atomic E-state index is 0.0477. The molecule has 3 saturated heterocycles. The summed E-state index contributed by atoms with van der Waals surface area (Å²) in [5.41, 5.74) is 0. The quantitative estimate of drug-likeness (QED) is 0.196. The lowest BCUT2D eigenvalue weighted by molar-refractivity contribution is -0.371. The van der Waals surface area contributed by atoms with Gasteiger partial charge in [-0.15, -0.1) is 0 Å². The fourth-order valence-corrected chi connectivity index (χ4v) is 3.91. The highest BCUT2D eigenvalue weighted by atomic mass is 16.7. The molecule has 1 unspecified atom stereocenters. The summed E-state index contributed by atoms with van der Waals surface area (Å²) in [6.07, 6.45) is -18.6. The van der Waals surface area contributed by atoms with Crippen LogP contribution in [0.15, 0.2) is 0 Å². The van der Waals surface area contributed by atoms with Crippen molar-refractivity contribution in [3.63, 3.8) is 0 Å². The van der Waals surface area contributed by atoms with E-state index in [1.165, 1.54) is 6.92 Å². The molecule has 0 aromatic rings. The Kier molecular flexibility index (Phi) is 8.24. The summed E-state index contributed by atoms with van der Waals surface area (Å²) in [5.74, 6) is 0. The van der Waals surface area contributed by atoms with Gasteiger partial charge < -0.3 is 64.5 Å². The molecule has 13 nitrogen and oxygen atoms in total. The molecule has 0 bridgehead atoms. The molecule has 14 atom stereocenters. The molecule has 0 saturated carbocycles. The molecule has 3 aliphatic heterocycles. The number of aliphatic hydroxyl groups is 8. The van der Waals surface area contributed by atoms with Gasteiger partial charge in [0.15, 0.2) is 18.9 Å². The Morgan fingerprint density at radius 1 is 0.677 bits per heavy atom. The molecule has 3 heterocycles. The standard InChI is InChI=1S/C18H32O13/c1-5-7(20)3-8(21)17(28-5)31-15-10(22)9(4-19)29-18(13(15)25)30-14-6(2)27-16(26)12(24)11(14)23/h5-26H,3-4H2,1-2H3/t5-,6+,7-,8-,9+,10+,11+,12-,13-,14+,15-,16-,17-,18?/m0/s1. The Morgan fingerprint density at radius 2 is 1.32 bits per heavy atom. The van der Waals surface area contributed by atoms with Gasteiger partial charge in [-0.25, -0.2) is 0 Å². The predicted molar refractivity (Wildman–Crippen MR) is 97.0 cm³/mol. The molecule has 0 aromatic carbocycles. The van der Waals surface area contributed by atoms with Crippen LogP contribution in [0.25, 0.3) is 0 Å². The molecule has 0 radical (unpaired) electrons. The summed E-state index contributed by atoms with van der Waals surface area (Å²) >= 11 is 0. The molecule has 182 valence electrons. The Hall–Kier alpha value is -0.520. The summed E-state index contributed by atoms with van der Waals surface area (Å²) in [4.78, 5) is 0. The van der Waals surface area contributed by atoms with Gasteiger partial charge in [-0.3, -0.25) is 0 Å². The lowest BCUT2D eigenvalue weighted by Crippen LogP contribution is -2.65. The molecule has 3 aliphatic rings. The van der Waals surface area contributed by atoms with E-state index in [2.05, 4.69) is 0 Å². The van der Waals surface area contributed by atoms with E-state index in [4.69, 9.17) is 23.7 Å². The highest BCUT2D eigenvalue weighted by molar-refractivity contribution is 4.94. The Labute approximate surface area is 178 Å². The third kappa shape index (κ3) is 5.19. The lowest BCUT2D eigenvalue weighted by atomic mass is 9.96. The number of ether oxygens (including phenoxy) is 5. The van der Waals surface area contributed by atoms with E-state index in [0.717, 1.165) is 0 Å². The number of hydrogen-bond donors (Lipinski definition) is 8. The average molecular weight is 456 g/mol. The maximum absolute atomic E-state index is 10.7. The second-order valence-electron chi connectivity index (χ2n) is 8.20. The molecule has 0 aromatic heterocycles. The van der Waals surface area contributed by atoms with E-state index in [0.29, 0.717) is 0 Å². The Bertz CT molecular complexity index is 581. The van der Waals surface area contributed by atoms with Crippen LogP contribution in [-0.2, 0) is 23.7 Å². The lowest BCUT2D eigenvalue weighted by Gasteiger charge is -2.47. The maximum atomic E-state index is 10.7. The zero-order chi connectivity index (χ0) is 23.0. The SMILES string of the molecule is C[C@@H]1O[C@@H](O[C@H]2[C@H](O)[C@@H](CO)OC(O[C@H]3[C@H](O)[C@H](O)[C@@H](O)O[C@@H]3C)[C@H]2O)[C@@H](O)C[C@@H]1O. The smallest absolute Gasteiger partial charge is 0.187 e. The van der Waals surface area contributed by atoms with Crippen LogP contribution in [0.3, 0.4) is 0 Å². The van der Waals surface area contributed by atoms with E-state index in [1.807, 2.05) is 0 Å². The Morgan fingerprint density at radius 3 is 1.97 bits per heavy atom. The molecular weight excluding hydrogens is 424 g/mol. The van der Waals surface area contributed by atoms with E-state index in [-0.39, 0.29) is 6.42 Å². The molecule has 0 aliphatic carbocycles. The van der Waals surface area contributed by atoms with E-state index < -0.39 is 92.6 Å². The number of rotatable bonds is 5. The fraction of sp³-hybridized carbons (Fsp3) is 1.00. The van der Waals surface area contributed by atoms with Crippen molar-refractivity contribution >= 4 is 0 Å². The molecular formula is C18H32O13. The van der Waals surface area contributed by atoms with Gasteiger partial charge in [0.1, 0.15) is 48.8 Å². The van der Waals surface area contributed by atoms with Crippen molar-refractivity contribution < 1.29 is 64.5 Å². The van der Waals surface area contributed by atoms with E-state index in [9.17, 15) is 40.9 Å². The third-order valence-corrected chi connectivity index (χ3v) is 5.89. The van der Waals surface area contributed by atoms with Crippen LogP contribution in [0.1, 0.15) is 20.3 Å². The highest BCUT2D eigenvalue weighted by Gasteiger charge is 2.51.